The molecule has 0 fully saturated rings. The summed E-state index contributed by atoms with van der Waals surface area (Å²) in [4.78, 5) is 22.3. The van der Waals surface area contributed by atoms with Crippen molar-refractivity contribution in [2.75, 3.05) is 24.4 Å². The Hall–Kier alpha value is -2.67. The van der Waals surface area contributed by atoms with E-state index in [9.17, 15) is 4.79 Å². The Balaban J connectivity index is 1.82. The van der Waals surface area contributed by atoms with E-state index in [4.69, 9.17) is 0 Å². The van der Waals surface area contributed by atoms with Gasteiger partial charge in [-0.3, -0.25) is 4.90 Å². The molecule has 2 aromatic heterocycles. The summed E-state index contributed by atoms with van der Waals surface area (Å²) in [6.45, 7) is 0. The molecule has 22 heavy (non-hydrogen) atoms. The first kappa shape index (κ1) is 14.3. The molecule has 112 valence electrons. The quantitative estimate of drug-likeness (QED) is 0.799. The number of carbonyl (C=O) groups is 1. The maximum Gasteiger partial charge on any atom is 0.413 e. The third-order valence-corrected chi connectivity index (χ3v) is 4.05. The summed E-state index contributed by atoms with van der Waals surface area (Å²) in [5.41, 5.74) is 1.63. The molecular formula is C15H14N4O2S. The van der Waals surface area contributed by atoms with Crippen LogP contribution in [0.15, 0.2) is 42.0 Å². The third-order valence-electron chi connectivity index (χ3n) is 3.23. The fraction of sp³-hybridized carbons (Fsp3) is 0.133. The number of aromatic nitrogens is 2. The molecule has 0 radical (unpaired) electrons. The largest absolute Gasteiger partial charge is 0.452 e. The van der Waals surface area contributed by atoms with Crippen molar-refractivity contribution in [3.8, 4) is 0 Å². The highest BCUT2D eigenvalue weighted by molar-refractivity contribution is 7.16. The van der Waals surface area contributed by atoms with E-state index in [0.29, 0.717) is 0 Å². The Labute approximate surface area is 131 Å². The molecule has 0 spiro atoms. The summed E-state index contributed by atoms with van der Waals surface area (Å²) < 4.78 is 4.69. The first-order chi connectivity index (χ1) is 10.7. The molecule has 1 amide bonds. The topological polar surface area (TPSA) is 67.3 Å². The van der Waals surface area contributed by atoms with E-state index in [2.05, 4.69) is 20.0 Å². The summed E-state index contributed by atoms with van der Waals surface area (Å²) in [5.74, 6) is 0.764. The van der Waals surface area contributed by atoms with Crippen molar-refractivity contribution in [3.63, 3.8) is 0 Å². The van der Waals surface area contributed by atoms with Crippen molar-refractivity contribution < 1.29 is 9.53 Å². The van der Waals surface area contributed by atoms with Crippen LogP contribution in [0.25, 0.3) is 10.2 Å². The standard InChI is InChI=1S/C15H14N4O2S/c1-19(15(20)21-2)11-5-3-10(4-6-11)18-13-12-7-8-22-14(12)17-9-16-13/h3-9H,1-2H3,(H,16,17,18). The average molecular weight is 314 g/mol. The van der Waals surface area contributed by atoms with E-state index < -0.39 is 6.09 Å². The van der Waals surface area contributed by atoms with Crippen LogP contribution in [-0.2, 0) is 4.74 Å². The Morgan fingerprint density at radius 2 is 2.00 bits per heavy atom. The van der Waals surface area contributed by atoms with E-state index in [0.717, 1.165) is 27.4 Å². The Bertz CT molecular complexity index is 801. The first-order valence-electron chi connectivity index (χ1n) is 6.56. The Morgan fingerprint density at radius 3 is 2.73 bits per heavy atom. The number of thiophene rings is 1. The smallest absolute Gasteiger partial charge is 0.413 e. The SMILES string of the molecule is COC(=O)N(C)c1ccc(Nc2ncnc3sccc23)cc1. The van der Waals surface area contributed by atoms with Gasteiger partial charge in [-0.25, -0.2) is 14.8 Å². The van der Waals surface area contributed by atoms with Crippen molar-refractivity contribution in [1.82, 2.24) is 9.97 Å². The van der Waals surface area contributed by atoms with Gasteiger partial charge in [0, 0.05) is 18.4 Å². The summed E-state index contributed by atoms with van der Waals surface area (Å²) >= 11 is 1.57. The number of hydrogen-bond donors (Lipinski definition) is 1. The fourth-order valence-corrected chi connectivity index (χ4v) is 2.77. The zero-order chi connectivity index (χ0) is 15.5. The molecular weight excluding hydrogens is 300 g/mol. The number of anilines is 3. The van der Waals surface area contributed by atoms with Crippen LogP contribution >= 0.6 is 11.3 Å². The van der Waals surface area contributed by atoms with Crippen LogP contribution in [-0.4, -0.2) is 30.2 Å². The number of amides is 1. The van der Waals surface area contributed by atoms with Crippen LogP contribution in [0.3, 0.4) is 0 Å². The minimum Gasteiger partial charge on any atom is -0.452 e. The highest BCUT2D eigenvalue weighted by Gasteiger charge is 2.10. The van der Waals surface area contributed by atoms with Crippen molar-refractivity contribution >= 4 is 44.8 Å². The van der Waals surface area contributed by atoms with E-state index in [1.807, 2.05) is 35.7 Å². The van der Waals surface area contributed by atoms with Crippen molar-refractivity contribution in [1.29, 1.82) is 0 Å². The normalized spacial score (nSPS) is 10.5. The van der Waals surface area contributed by atoms with Crippen LogP contribution in [0.5, 0.6) is 0 Å². The van der Waals surface area contributed by atoms with Gasteiger partial charge in [-0.2, -0.15) is 0 Å². The van der Waals surface area contributed by atoms with Gasteiger partial charge in [0.25, 0.3) is 0 Å². The number of nitrogens with one attached hydrogen (secondary N) is 1. The fourth-order valence-electron chi connectivity index (χ4n) is 2.04. The van der Waals surface area contributed by atoms with Gasteiger partial charge in [-0.1, -0.05) is 0 Å². The van der Waals surface area contributed by atoms with Crippen molar-refractivity contribution in [2.45, 2.75) is 0 Å². The second-order valence-electron chi connectivity index (χ2n) is 4.56. The molecule has 0 aliphatic heterocycles. The molecule has 3 rings (SSSR count). The molecule has 0 atom stereocenters. The zero-order valence-electron chi connectivity index (χ0n) is 12.1. The molecule has 3 aromatic rings. The highest BCUT2D eigenvalue weighted by atomic mass is 32.1. The molecule has 1 N–H and O–H groups in total. The molecule has 6 nitrogen and oxygen atoms in total. The van der Waals surface area contributed by atoms with Crippen molar-refractivity contribution in [2.24, 2.45) is 0 Å². The van der Waals surface area contributed by atoms with Gasteiger partial charge in [-0.15, -0.1) is 11.3 Å². The Kier molecular flexibility index (Phi) is 3.88. The zero-order valence-corrected chi connectivity index (χ0v) is 12.9. The maximum atomic E-state index is 11.5. The Morgan fingerprint density at radius 1 is 1.23 bits per heavy atom. The van der Waals surface area contributed by atoms with E-state index in [1.54, 1.807) is 24.7 Å². The van der Waals surface area contributed by atoms with Gasteiger partial charge >= 0.3 is 6.09 Å². The summed E-state index contributed by atoms with van der Waals surface area (Å²) in [6.07, 6.45) is 1.14. The molecule has 1 aromatic carbocycles. The van der Waals surface area contributed by atoms with E-state index in [-0.39, 0.29) is 0 Å². The number of ether oxygens (including phenoxy) is 1. The van der Waals surface area contributed by atoms with Crippen LogP contribution < -0.4 is 10.2 Å². The van der Waals surface area contributed by atoms with E-state index >= 15 is 0 Å². The van der Waals surface area contributed by atoms with Gasteiger partial charge in [0.15, 0.2) is 0 Å². The van der Waals surface area contributed by atoms with Crippen LogP contribution in [0, 0.1) is 0 Å². The van der Waals surface area contributed by atoms with Crippen molar-refractivity contribution in [3.05, 3.63) is 42.0 Å². The number of rotatable bonds is 3. The molecule has 7 heteroatoms. The number of fused-ring (bicyclic) bond motifs is 1. The first-order valence-corrected chi connectivity index (χ1v) is 7.44. The lowest BCUT2D eigenvalue weighted by atomic mass is 10.2. The molecule has 0 saturated carbocycles. The number of carbonyl (C=O) groups excluding carboxylic acids is 1. The van der Waals surface area contributed by atoms with Crippen LogP contribution in [0.2, 0.25) is 0 Å². The minimum atomic E-state index is -0.406. The minimum absolute atomic E-state index is 0.406. The third kappa shape index (κ3) is 2.71. The number of benzene rings is 1. The summed E-state index contributed by atoms with van der Waals surface area (Å²) in [6, 6.07) is 9.43. The van der Waals surface area contributed by atoms with Gasteiger partial charge in [0.1, 0.15) is 17.0 Å². The lowest BCUT2D eigenvalue weighted by Crippen LogP contribution is -2.25. The summed E-state index contributed by atoms with van der Waals surface area (Å²) in [5, 5.41) is 6.24. The molecule has 2 heterocycles. The van der Waals surface area contributed by atoms with Gasteiger partial charge in [0.05, 0.1) is 12.5 Å². The molecule has 0 aliphatic carbocycles. The van der Waals surface area contributed by atoms with Gasteiger partial charge < -0.3 is 10.1 Å². The second-order valence-corrected chi connectivity index (χ2v) is 5.46. The van der Waals surface area contributed by atoms with E-state index in [1.165, 1.54) is 12.0 Å². The number of nitrogens with zero attached hydrogens (tertiary/aromatic N) is 3. The lowest BCUT2D eigenvalue weighted by Gasteiger charge is -2.16. The predicted octanol–water partition coefficient (Wildman–Crippen LogP) is 3.64. The molecule has 0 aliphatic rings. The second kappa shape index (κ2) is 5.98. The highest BCUT2D eigenvalue weighted by Crippen LogP contribution is 2.27. The lowest BCUT2D eigenvalue weighted by molar-refractivity contribution is 0.180. The summed E-state index contributed by atoms with van der Waals surface area (Å²) in [7, 11) is 3.02. The molecule has 0 bridgehead atoms. The monoisotopic (exact) mass is 314 g/mol. The molecule has 0 unspecified atom stereocenters. The van der Waals surface area contributed by atoms with Crippen LogP contribution in [0.4, 0.5) is 22.0 Å². The predicted molar refractivity (Wildman–Crippen MR) is 87.9 cm³/mol. The maximum absolute atomic E-state index is 11.5. The number of hydrogen-bond acceptors (Lipinski definition) is 6. The van der Waals surface area contributed by atoms with Gasteiger partial charge in [-0.05, 0) is 35.7 Å². The number of methoxy groups -OCH3 is 1. The molecule has 0 saturated heterocycles. The van der Waals surface area contributed by atoms with Crippen LogP contribution in [0.1, 0.15) is 0 Å². The average Bonchev–Trinajstić information content (AvgIpc) is 3.04. The van der Waals surface area contributed by atoms with Gasteiger partial charge in [0.2, 0.25) is 0 Å².